The van der Waals surface area contributed by atoms with Crippen LogP contribution >= 0.6 is 0 Å². The molecular weight excluding hydrogens is 562 g/mol. The summed E-state index contributed by atoms with van der Waals surface area (Å²) in [7, 11) is 0. The number of hydrogen-bond acceptors (Lipinski definition) is 4. The molecule has 1 aliphatic rings. The first kappa shape index (κ1) is 29.0. The zero-order chi connectivity index (χ0) is 32.2. The van der Waals surface area contributed by atoms with E-state index >= 15 is 0 Å². The summed E-state index contributed by atoms with van der Waals surface area (Å²) in [6.45, 7) is 11.0. The molecule has 6 aromatic rings. The van der Waals surface area contributed by atoms with Crippen molar-refractivity contribution in [3.63, 3.8) is 0 Å². The largest absolute Gasteiger partial charge is 0.308 e. The van der Waals surface area contributed by atoms with Crippen molar-refractivity contribution in [2.24, 2.45) is 5.41 Å². The molecule has 0 spiro atoms. The number of nitriles is 2. The Morgan fingerprint density at radius 1 is 0.674 bits per heavy atom. The normalized spacial score (nSPS) is 14.1. The first-order valence-electron chi connectivity index (χ1n) is 15.5. The second-order valence-corrected chi connectivity index (χ2v) is 13.1. The third kappa shape index (κ3) is 5.17. The summed E-state index contributed by atoms with van der Waals surface area (Å²) in [4.78, 5) is 8.24. The van der Waals surface area contributed by atoms with Gasteiger partial charge in [-0.1, -0.05) is 79.1 Å². The number of nitrogens with zero attached hydrogens (tertiary/aromatic N) is 5. The molecule has 0 N–H and O–H groups in total. The zero-order valence-electron chi connectivity index (χ0n) is 26.7. The summed E-state index contributed by atoms with van der Waals surface area (Å²) in [6.07, 6.45) is 8.88. The van der Waals surface area contributed by atoms with E-state index < -0.39 is 0 Å². The summed E-state index contributed by atoms with van der Waals surface area (Å²) >= 11 is 0. The van der Waals surface area contributed by atoms with Gasteiger partial charge >= 0.3 is 0 Å². The van der Waals surface area contributed by atoms with Crippen molar-refractivity contribution in [3.05, 3.63) is 131 Å². The molecule has 0 fully saturated rings. The predicted molar refractivity (Wildman–Crippen MR) is 186 cm³/mol. The molecule has 0 atom stereocenters. The third-order valence-electron chi connectivity index (χ3n) is 8.80. The topological polar surface area (TPSA) is 78.3 Å². The van der Waals surface area contributed by atoms with Crippen LogP contribution in [0.25, 0.3) is 55.3 Å². The van der Waals surface area contributed by atoms with Crippen LogP contribution in [-0.2, 0) is 0 Å². The molecule has 1 aliphatic carbocycles. The van der Waals surface area contributed by atoms with Gasteiger partial charge in [0.25, 0.3) is 0 Å². The molecule has 46 heavy (non-hydrogen) atoms. The molecule has 222 valence electrons. The number of benzene rings is 4. The molecule has 2 heterocycles. The Hall–Kier alpha value is -5.78. The van der Waals surface area contributed by atoms with Gasteiger partial charge in [-0.15, -0.1) is 0 Å². The Bertz CT molecular complexity index is 2330. The summed E-state index contributed by atoms with van der Waals surface area (Å²) < 4.78 is 2.21. The van der Waals surface area contributed by atoms with Crippen molar-refractivity contribution in [1.29, 1.82) is 10.5 Å². The minimum absolute atomic E-state index is 0.0940. The Morgan fingerprint density at radius 2 is 1.28 bits per heavy atom. The molecule has 4 aromatic carbocycles. The van der Waals surface area contributed by atoms with E-state index in [0.29, 0.717) is 5.56 Å². The van der Waals surface area contributed by atoms with E-state index in [1.54, 1.807) is 12.4 Å². The van der Waals surface area contributed by atoms with Gasteiger partial charge in [0.2, 0.25) is 5.82 Å². The van der Waals surface area contributed by atoms with Crippen LogP contribution in [0.4, 0.5) is 0 Å². The lowest BCUT2D eigenvalue weighted by Gasteiger charge is -2.27. The fourth-order valence-corrected chi connectivity index (χ4v) is 7.05. The standard InChI is InChI=1S/C41H33N5/c1-25-12-26(2)14-31(13-25)29-7-10-38-35(17-29)36-18-30(32-15-27(3)19-41(4,5)20-32)8-11-39(36)46(38)37-9-6-28(16-33(37)21-42)34-23-44-40(22-43)45-24-34/h6-19,23-24H,20H2,1-5H3. The van der Waals surface area contributed by atoms with Gasteiger partial charge in [0, 0.05) is 28.7 Å². The highest BCUT2D eigenvalue weighted by Crippen LogP contribution is 2.41. The average Bonchev–Trinajstić information content (AvgIpc) is 3.36. The van der Waals surface area contributed by atoms with Crippen LogP contribution in [0.3, 0.4) is 0 Å². The van der Waals surface area contributed by atoms with Crippen LogP contribution in [0.5, 0.6) is 0 Å². The highest BCUT2D eigenvalue weighted by atomic mass is 15.0. The molecule has 0 saturated carbocycles. The summed E-state index contributed by atoms with van der Waals surface area (Å²) in [6, 6.07) is 30.3. The first-order chi connectivity index (χ1) is 22.1. The van der Waals surface area contributed by atoms with Gasteiger partial charge in [-0.05, 0) is 96.8 Å². The van der Waals surface area contributed by atoms with Crippen LogP contribution < -0.4 is 0 Å². The zero-order valence-corrected chi connectivity index (χ0v) is 26.7. The Balaban J connectivity index is 1.46. The number of hydrogen-bond donors (Lipinski definition) is 0. The summed E-state index contributed by atoms with van der Waals surface area (Å²) in [5.41, 5.74) is 13.8. The molecule has 0 saturated heterocycles. The molecular formula is C41H33N5. The van der Waals surface area contributed by atoms with Gasteiger partial charge < -0.3 is 4.57 Å². The number of aromatic nitrogens is 3. The molecule has 5 nitrogen and oxygen atoms in total. The second kappa shape index (κ2) is 11.0. The Kier molecular flexibility index (Phi) is 6.92. The second-order valence-electron chi connectivity index (χ2n) is 13.1. The molecule has 0 unspecified atom stereocenters. The van der Waals surface area contributed by atoms with E-state index in [9.17, 15) is 5.26 Å². The molecule has 0 bridgehead atoms. The highest BCUT2D eigenvalue weighted by molar-refractivity contribution is 6.11. The maximum atomic E-state index is 10.4. The van der Waals surface area contributed by atoms with Crippen molar-refractivity contribution in [2.45, 2.75) is 41.0 Å². The van der Waals surface area contributed by atoms with Crippen molar-refractivity contribution >= 4 is 27.4 Å². The predicted octanol–water partition coefficient (Wildman–Crippen LogP) is 10.0. The van der Waals surface area contributed by atoms with Crippen LogP contribution in [0.1, 0.15) is 55.3 Å². The first-order valence-corrected chi connectivity index (χ1v) is 15.5. The van der Waals surface area contributed by atoms with E-state index in [1.807, 2.05) is 24.3 Å². The molecule has 0 amide bonds. The van der Waals surface area contributed by atoms with Crippen molar-refractivity contribution in [3.8, 4) is 40.1 Å². The quantitative estimate of drug-likeness (QED) is 0.203. The van der Waals surface area contributed by atoms with E-state index in [-0.39, 0.29) is 11.2 Å². The van der Waals surface area contributed by atoms with Crippen molar-refractivity contribution in [2.75, 3.05) is 0 Å². The lowest BCUT2D eigenvalue weighted by atomic mass is 9.78. The van der Waals surface area contributed by atoms with Crippen molar-refractivity contribution in [1.82, 2.24) is 14.5 Å². The fraction of sp³-hybridized carbons (Fsp3) is 0.171. The number of allylic oxidation sites excluding steroid dienone is 4. The van der Waals surface area contributed by atoms with E-state index in [0.717, 1.165) is 50.6 Å². The van der Waals surface area contributed by atoms with Crippen LogP contribution in [0.15, 0.2) is 103 Å². The maximum absolute atomic E-state index is 10.4. The summed E-state index contributed by atoms with van der Waals surface area (Å²) in [5.74, 6) is 0.115. The SMILES string of the molecule is CC1=CC(C)(C)CC(c2ccc3c(c2)c2cc(-c4cc(C)cc(C)c4)ccc2n3-c2ccc(-c3cnc(C#N)nc3)cc2C#N)=C1. The van der Waals surface area contributed by atoms with Crippen LogP contribution in [0, 0.1) is 41.9 Å². The Morgan fingerprint density at radius 3 is 1.91 bits per heavy atom. The van der Waals surface area contributed by atoms with E-state index in [2.05, 4.69) is 122 Å². The lowest BCUT2D eigenvalue weighted by Crippen LogP contribution is -2.12. The minimum Gasteiger partial charge on any atom is -0.308 e. The van der Waals surface area contributed by atoms with Crippen molar-refractivity contribution < 1.29 is 0 Å². The molecule has 0 radical (unpaired) electrons. The third-order valence-corrected chi connectivity index (χ3v) is 8.80. The van der Waals surface area contributed by atoms with Gasteiger partial charge in [-0.25, -0.2) is 9.97 Å². The average molecular weight is 596 g/mol. The number of aryl methyl sites for hydroxylation is 2. The highest BCUT2D eigenvalue weighted by Gasteiger charge is 2.23. The van der Waals surface area contributed by atoms with E-state index in [4.69, 9.17) is 5.26 Å². The van der Waals surface area contributed by atoms with Gasteiger partial charge in [0.15, 0.2) is 0 Å². The van der Waals surface area contributed by atoms with Gasteiger partial charge in [-0.2, -0.15) is 10.5 Å². The molecule has 2 aromatic heterocycles. The lowest BCUT2D eigenvalue weighted by molar-refractivity contribution is 0.489. The summed E-state index contributed by atoms with van der Waals surface area (Å²) in [5, 5.41) is 21.8. The van der Waals surface area contributed by atoms with Crippen LogP contribution in [-0.4, -0.2) is 14.5 Å². The van der Waals surface area contributed by atoms with E-state index in [1.165, 1.54) is 33.4 Å². The number of fused-ring (bicyclic) bond motifs is 3. The fourth-order valence-electron chi connectivity index (χ4n) is 7.05. The van der Waals surface area contributed by atoms with Crippen LogP contribution in [0.2, 0.25) is 0 Å². The smallest absolute Gasteiger partial charge is 0.232 e. The Labute approximate surface area is 269 Å². The minimum atomic E-state index is 0.0940. The molecule has 5 heteroatoms. The van der Waals surface area contributed by atoms with Gasteiger partial charge in [0.1, 0.15) is 12.1 Å². The maximum Gasteiger partial charge on any atom is 0.232 e. The van der Waals surface area contributed by atoms with Gasteiger partial charge in [-0.3, -0.25) is 0 Å². The van der Waals surface area contributed by atoms with Gasteiger partial charge in [0.05, 0.1) is 22.3 Å². The monoisotopic (exact) mass is 595 g/mol. The molecule has 0 aliphatic heterocycles. The number of rotatable bonds is 4. The molecule has 7 rings (SSSR count).